The summed E-state index contributed by atoms with van der Waals surface area (Å²) in [7, 11) is -3.30. The summed E-state index contributed by atoms with van der Waals surface area (Å²) in [5.41, 5.74) is 5.58. The summed E-state index contributed by atoms with van der Waals surface area (Å²) in [6.45, 7) is 4.05. The predicted octanol–water partition coefficient (Wildman–Crippen LogP) is 1.74. The van der Waals surface area contributed by atoms with Gasteiger partial charge in [0.05, 0.1) is 15.7 Å². The van der Waals surface area contributed by atoms with Gasteiger partial charge in [0.25, 0.3) is 0 Å². The van der Waals surface area contributed by atoms with E-state index in [-0.39, 0.29) is 12.6 Å². The van der Waals surface area contributed by atoms with Crippen LogP contribution in [0.25, 0.3) is 0 Å². The maximum Gasteiger partial charge on any atom is 0.185 e. The van der Waals surface area contributed by atoms with Crippen LogP contribution in [-0.4, -0.2) is 25.8 Å². The third-order valence-electron chi connectivity index (χ3n) is 3.26. The van der Waals surface area contributed by atoms with Crippen molar-refractivity contribution < 1.29 is 13.2 Å². The highest BCUT2D eigenvalue weighted by Gasteiger charge is 2.53. The zero-order valence-electron chi connectivity index (χ0n) is 10.7. The van der Waals surface area contributed by atoms with Gasteiger partial charge in [0.1, 0.15) is 5.75 Å². The quantitative estimate of drug-likeness (QED) is 0.884. The van der Waals surface area contributed by atoms with Crippen LogP contribution >= 0.6 is 0 Å². The van der Waals surface area contributed by atoms with E-state index in [1.54, 1.807) is 24.3 Å². The van der Waals surface area contributed by atoms with E-state index in [1.807, 2.05) is 13.8 Å². The van der Waals surface area contributed by atoms with Crippen molar-refractivity contribution in [2.24, 2.45) is 5.73 Å². The Labute approximate surface area is 108 Å². The lowest BCUT2D eigenvalue weighted by Gasteiger charge is -2.15. The molecule has 2 rings (SSSR count). The average Bonchev–Trinajstić information content (AvgIpc) is 3.10. The molecule has 1 aliphatic carbocycles. The molecule has 0 unspecified atom stereocenters. The van der Waals surface area contributed by atoms with Crippen LogP contribution in [0.2, 0.25) is 0 Å². The highest BCUT2D eigenvalue weighted by Crippen LogP contribution is 2.45. The van der Waals surface area contributed by atoms with E-state index in [0.717, 1.165) is 0 Å². The van der Waals surface area contributed by atoms with Crippen molar-refractivity contribution in [2.75, 3.05) is 6.54 Å². The van der Waals surface area contributed by atoms with Crippen LogP contribution < -0.4 is 10.5 Å². The molecule has 100 valence electrons. The molecule has 4 nitrogen and oxygen atoms in total. The van der Waals surface area contributed by atoms with Gasteiger partial charge in [0.2, 0.25) is 0 Å². The van der Waals surface area contributed by atoms with E-state index < -0.39 is 14.6 Å². The van der Waals surface area contributed by atoms with Crippen LogP contribution in [0.3, 0.4) is 0 Å². The summed E-state index contributed by atoms with van der Waals surface area (Å²) >= 11 is 0. The second-order valence-electron chi connectivity index (χ2n) is 5.03. The third kappa shape index (κ3) is 2.24. The van der Waals surface area contributed by atoms with E-state index in [0.29, 0.717) is 23.5 Å². The maximum atomic E-state index is 12.4. The van der Waals surface area contributed by atoms with Gasteiger partial charge < -0.3 is 10.5 Å². The van der Waals surface area contributed by atoms with Crippen LogP contribution in [0.4, 0.5) is 0 Å². The molecule has 0 saturated heterocycles. The van der Waals surface area contributed by atoms with E-state index in [1.165, 1.54) is 0 Å². The Kier molecular flexibility index (Phi) is 3.38. The maximum absolute atomic E-state index is 12.4. The molecule has 1 saturated carbocycles. The van der Waals surface area contributed by atoms with Crippen LogP contribution in [0.5, 0.6) is 5.75 Å². The van der Waals surface area contributed by atoms with E-state index in [2.05, 4.69) is 0 Å². The number of rotatable bonds is 5. The van der Waals surface area contributed by atoms with Crippen LogP contribution in [-0.2, 0) is 9.84 Å². The molecular weight excluding hydrogens is 250 g/mol. The fraction of sp³-hybridized carbons (Fsp3) is 0.538. The molecule has 1 aromatic rings. The van der Waals surface area contributed by atoms with Gasteiger partial charge in [-0.05, 0) is 51.0 Å². The third-order valence-corrected chi connectivity index (χ3v) is 5.86. The average molecular weight is 269 g/mol. The molecule has 1 aromatic carbocycles. The molecule has 0 spiro atoms. The highest BCUT2D eigenvalue weighted by molar-refractivity contribution is 7.93. The molecule has 2 N–H and O–H groups in total. The lowest BCUT2D eigenvalue weighted by Crippen LogP contribution is -2.31. The van der Waals surface area contributed by atoms with Gasteiger partial charge in [-0.2, -0.15) is 0 Å². The second-order valence-corrected chi connectivity index (χ2v) is 7.37. The van der Waals surface area contributed by atoms with Gasteiger partial charge in [-0.15, -0.1) is 0 Å². The Hall–Kier alpha value is -1.07. The molecule has 0 atom stereocenters. The van der Waals surface area contributed by atoms with E-state index in [4.69, 9.17) is 10.5 Å². The Morgan fingerprint density at radius 2 is 1.83 bits per heavy atom. The minimum absolute atomic E-state index is 0.0753. The minimum atomic E-state index is -3.30. The number of hydrogen-bond acceptors (Lipinski definition) is 4. The number of hydrogen-bond donors (Lipinski definition) is 1. The summed E-state index contributed by atoms with van der Waals surface area (Å²) < 4.78 is 29.5. The van der Waals surface area contributed by atoms with Crippen molar-refractivity contribution in [3.63, 3.8) is 0 Å². The standard InChI is InChI=1S/C13H19NO3S/c1-10(2)17-11-3-5-12(6-4-11)18(15,16)13(9-14)7-8-13/h3-6,10H,7-9,14H2,1-2H3. The second kappa shape index (κ2) is 4.55. The molecule has 0 heterocycles. The molecule has 0 bridgehead atoms. The fourth-order valence-electron chi connectivity index (χ4n) is 1.94. The Morgan fingerprint density at radius 3 is 2.22 bits per heavy atom. The summed E-state index contributed by atoms with van der Waals surface area (Å²) in [6.07, 6.45) is 1.40. The number of benzene rings is 1. The largest absolute Gasteiger partial charge is 0.491 e. The Bertz CT molecular complexity index is 516. The molecule has 0 aromatic heterocycles. The van der Waals surface area contributed by atoms with Crippen LogP contribution in [0, 0.1) is 0 Å². The zero-order valence-corrected chi connectivity index (χ0v) is 11.5. The SMILES string of the molecule is CC(C)Oc1ccc(S(=O)(=O)C2(CN)CC2)cc1. The molecule has 0 radical (unpaired) electrons. The zero-order chi connectivity index (χ0) is 13.4. The van der Waals surface area contributed by atoms with Crippen molar-refractivity contribution in [2.45, 2.75) is 42.4 Å². The lowest BCUT2D eigenvalue weighted by atomic mass is 10.3. The number of nitrogens with two attached hydrogens (primary N) is 1. The topological polar surface area (TPSA) is 69.4 Å². The van der Waals surface area contributed by atoms with Crippen molar-refractivity contribution in [1.29, 1.82) is 0 Å². The monoisotopic (exact) mass is 269 g/mol. The Morgan fingerprint density at radius 1 is 1.28 bits per heavy atom. The van der Waals surface area contributed by atoms with Crippen LogP contribution in [0.1, 0.15) is 26.7 Å². The molecule has 18 heavy (non-hydrogen) atoms. The summed E-state index contributed by atoms with van der Waals surface area (Å²) in [5.74, 6) is 0.682. The lowest BCUT2D eigenvalue weighted by molar-refractivity contribution is 0.242. The van der Waals surface area contributed by atoms with Crippen molar-refractivity contribution in [3.8, 4) is 5.75 Å². The first-order valence-electron chi connectivity index (χ1n) is 6.13. The number of ether oxygens (including phenoxy) is 1. The van der Waals surface area contributed by atoms with Crippen molar-refractivity contribution >= 4 is 9.84 Å². The highest BCUT2D eigenvalue weighted by atomic mass is 32.2. The van der Waals surface area contributed by atoms with E-state index in [9.17, 15) is 8.42 Å². The first-order chi connectivity index (χ1) is 8.41. The predicted molar refractivity (Wildman–Crippen MR) is 70.4 cm³/mol. The molecular formula is C13H19NO3S. The van der Waals surface area contributed by atoms with Crippen molar-refractivity contribution in [3.05, 3.63) is 24.3 Å². The molecule has 0 amide bonds. The fourth-order valence-corrected chi connectivity index (χ4v) is 3.79. The molecule has 1 fully saturated rings. The summed E-state index contributed by atoms with van der Waals surface area (Å²) in [4.78, 5) is 0.335. The van der Waals surface area contributed by atoms with Gasteiger partial charge >= 0.3 is 0 Å². The first kappa shape index (κ1) is 13.4. The Balaban J connectivity index is 2.25. The molecule has 0 aliphatic heterocycles. The van der Waals surface area contributed by atoms with Crippen LogP contribution in [0.15, 0.2) is 29.2 Å². The van der Waals surface area contributed by atoms with Gasteiger partial charge in [0, 0.05) is 6.54 Å². The number of sulfone groups is 1. The molecule has 1 aliphatic rings. The minimum Gasteiger partial charge on any atom is -0.491 e. The molecule has 5 heteroatoms. The van der Waals surface area contributed by atoms with Gasteiger partial charge in [-0.1, -0.05) is 0 Å². The van der Waals surface area contributed by atoms with Gasteiger partial charge in [-0.3, -0.25) is 0 Å². The first-order valence-corrected chi connectivity index (χ1v) is 7.61. The summed E-state index contributed by atoms with van der Waals surface area (Å²) in [5, 5.41) is 0. The van der Waals surface area contributed by atoms with Crippen molar-refractivity contribution in [1.82, 2.24) is 0 Å². The van der Waals surface area contributed by atoms with E-state index >= 15 is 0 Å². The van der Waals surface area contributed by atoms with Gasteiger partial charge in [-0.25, -0.2) is 8.42 Å². The normalized spacial score (nSPS) is 17.8. The summed E-state index contributed by atoms with van der Waals surface area (Å²) in [6, 6.07) is 6.59. The van der Waals surface area contributed by atoms with Gasteiger partial charge in [0.15, 0.2) is 9.84 Å². The smallest absolute Gasteiger partial charge is 0.185 e.